The topological polar surface area (TPSA) is 37.3 Å². The van der Waals surface area contributed by atoms with Gasteiger partial charge in [0.25, 0.3) is 0 Å². The molecule has 1 saturated carbocycles. The molecule has 0 spiro atoms. The summed E-state index contributed by atoms with van der Waals surface area (Å²) in [6.07, 6.45) is 0.851. The van der Waals surface area contributed by atoms with E-state index in [9.17, 15) is 18.7 Å². The van der Waals surface area contributed by atoms with Crippen molar-refractivity contribution in [2.75, 3.05) is 0 Å². The van der Waals surface area contributed by atoms with Gasteiger partial charge in [0.15, 0.2) is 0 Å². The van der Waals surface area contributed by atoms with Crippen molar-refractivity contribution in [1.29, 1.82) is 0 Å². The fraction of sp³-hybridized carbons (Fsp3) is 0.533. The van der Waals surface area contributed by atoms with Crippen LogP contribution in [0, 0.1) is 23.0 Å². The molecule has 4 heteroatoms. The Morgan fingerprint density at radius 2 is 1.68 bits per heavy atom. The molecule has 2 rings (SSSR count). The molecular formula is C15H18F2O2. The third-order valence-electron chi connectivity index (χ3n) is 4.24. The van der Waals surface area contributed by atoms with Crippen molar-refractivity contribution < 1.29 is 18.7 Å². The lowest BCUT2D eigenvalue weighted by molar-refractivity contribution is -0.152. The van der Waals surface area contributed by atoms with Crippen LogP contribution in [0.5, 0.6) is 0 Å². The zero-order valence-electron chi connectivity index (χ0n) is 11.3. The molecular weight excluding hydrogens is 250 g/mol. The number of aliphatic carboxylic acids is 1. The third-order valence-corrected chi connectivity index (χ3v) is 4.24. The maximum Gasteiger partial charge on any atom is 0.314 e. The number of carbonyl (C=O) groups is 1. The smallest absolute Gasteiger partial charge is 0.314 e. The van der Waals surface area contributed by atoms with Crippen molar-refractivity contribution >= 4 is 5.97 Å². The number of carboxylic acid groups (broad SMARTS) is 1. The summed E-state index contributed by atoms with van der Waals surface area (Å²) in [4.78, 5) is 11.6. The van der Waals surface area contributed by atoms with Gasteiger partial charge in [-0.3, -0.25) is 4.79 Å². The van der Waals surface area contributed by atoms with Crippen LogP contribution < -0.4 is 0 Å². The minimum absolute atomic E-state index is 0.00478. The highest BCUT2D eigenvalue weighted by atomic mass is 19.1. The minimum atomic E-state index is -1.14. The second kappa shape index (κ2) is 4.29. The first-order valence-corrected chi connectivity index (χ1v) is 6.35. The van der Waals surface area contributed by atoms with Gasteiger partial charge >= 0.3 is 5.97 Å². The summed E-state index contributed by atoms with van der Waals surface area (Å²) < 4.78 is 26.6. The quantitative estimate of drug-likeness (QED) is 0.887. The van der Waals surface area contributed by atoms with Crippen LogP contribution in [-0.4, -0.2) is 11.1 Å². The Morgan fingerprint density at radius 1 is 1.21 bits per heavy atom. The number of hydrogen-bond acceptors (Lipinski definition) is 1. The van der Waals surface area contributed by atoms with E-state index >= 15 is 0 Å². The maximum absolute atomic E-state index is 13.3. The van der Waals surface area contributed by atoms with E-state index in [1.807, 2.05) is 0 Å². The summed E-state index contributed by atoms with van der Waals surface area (Å²) in [5.41, 5.74) is -0.899. The molecule has 19 heavy (non-hydrogen) atoms. The molecule has 1 aliphatic rings. The Labute approximate surface area is 111 Å². The lowest BCUT2D eigenvalue weighted by Crippen LogP contribution is -2.51. The SMILES string of the molecule is CC(C)(C)C1CC(C(=O)O)(c2cc(F)cc(F)c2)C1. The van der Waals surface area contributed by atoms with Crippen LogP contribution >= 0.6 is 0 Å². The van der Waals surface area contributed by atoms with Crippen molar-refractivity contribution in [1.82, 2.24) is 0 Å². The molecule has 1 aromatic rings. The summed E-state index contributed by atoms with van der Waals surface area (Å²) in [7, 11) is 0. The molecule has 0 heterocycles. The van der Waals surface area contributed by atoms with Crippen molar-refractivity contribution in [2.24, 2.45) is 11.3 Å². The predicted octanol–water partition coefficient (Wildman–Crippen LogP) is 3.74. The fourth-order valence-corrected chi connectivity index (χ4v) is 2.76. The van der Waals surface area contributed by atoms with Crippen LogP contribution in [0.4, 0.5) is 8.78 Å². The minimum Gasteiger partial charge on any atom is -0.481 e. The van der Waals surface area contributed by atoms with E-state index in [2.05, 4.69) is 20.8 Å². The van der Waals surface area contributed by atoms with Gasteiger partial charge in [-0.2, -0.15) is 0 Å². The first-order chi connectivity index (χ1) is 8.65. The average molecular weight is 268 g/mol. The molecule has 1 N–H and O–H groups in total. The van der Waals surface area contributed by atoms with Crippen molar-refractivity contribution in [2.45, 2.75) is 39.0 Å². The highest BCUT2D eigenvalue weighted by Gasteiger charge is 2.54. The van der Waals surface area contributed by atoms with Gasteiger partial charge in [-0.15, -0.1) is 0 Å². The first kappa shape index (κ1) is 14.0. The Bertz CT molecular complexity index is 491. The number of hydrogen-bond donors (Lipinski definition) is 1. The van der Waals surface area contributed by atoms with E-state index in [0.717, 1.165) is 18.2 Å². The van der Waals surface area contributed by atoms with E-state index in [4.69, 9.17) is 0 Å². The second-order valence-corrected chi connectivity index (χ2v) is 6.52. The summed E-state index contributed by atoms with van der Waals surface area (Å²) in [6.45, 7) is 6.15. The molecule has 0 saturated heterocycles. The highest BCUT2D eigenvalue weighted by Crippen LogP contribution is 2.54. The Morgan fingerprint density at radius 3 is 2.05 bits per heavy atom. The van der Waals surface area contributed by atoms with Gasteiger partial charge in [-0.05, 0) is 41.9 Å². The van der Waals surface area contributed by atoms with E-state index < -0.39 is 23.0 Å². The van der Waals surface area contributed by atoms with E-state index in [1.54, 1.807) is 0 Å². The third kappa shape index (κ3) is 2.36. The second-order valence-electron chi connectivity index (χ2n) is 6.52. The van der Waals surface area contributed by atoms with Crippen LogP contribution in [0.25, 0.3) is 0 Å². The van der Waals surface area contributed by atoms with Crippen LogP contribution in [0.2, 0.25) is 0 Å². The molecule has 0 atom stereocenters. The molecule has 1 fully saturated rings. The first-order valence-electron chi connectivity index (χ1n) is 6.35. The fourth-order valence-electron chi connectivity index (χ4n) is 2.76. The van der Waals surface area contributed by atoms with E-state index in [1.165, 1.54) is 0 Å². The normalized spacial score (nSPS) is 26.9. The van der Waals surface area contributed by atoms with Gasteiger partial charge in [0.1, 0.15) is 11.6 Å². The van der Waals surface area contributed by atoms with Crippen LogP contribution in [-0.2, 0) is 10.2 Å². The number of benzene rings is 1. The Kier molecular flexibility index (Phi) is 3.15. The molecule has 0 aliphatic heterocycles. The van der Waals surface area contributed by atoms with Crippen molar-refractivity contribution in [3.63, 3.8) is 0 Å². The Balaban J connectivity index is 2.36. The summed E-state index contributed by atoms with van der Waals surface area (Å²) in [5.74, 6) is -2.21. The van der Waals surface area contributed by atoms with Crippen LogP contribution in [0.3, 0.4) is 0 Å². The van der Waals surface area contributed by atoms with Crippen molar-refractivity contribution in [3.05, 3.63) is 35.4 Å². The van der Waals surface area contributed by atoms with Gasteiger partial charge in [-0.1, -0.05) is 20.8 Å². The average Bonchev–Trinajstić information content (AvgIpc) is 2.10. The molecule has 1 aliphatic carbocycles. The maximum atomic E-state index is 13.3. The molecule has 0 unspecified atom stereocenters. The molecule has 0 amide bonds. The van der Waals surface area contributed by atoms with Gasteiger partial charge in [0, 0.05) is 6.07 Å². The number of rotatable bonds is 2. The molecule has 104 valence electrons. The molecule has 0 bridgehead atoms. The van der Waals surface area contributed by atoms with Gasteiger partial charge in [0.05, 0.1) is 5.41 Å². The largest absolute Gasteiger partial charge is 0.481 e. The highest BCUT2D eigenvalue weighted by molar-refractivity contribution is 5.82. The zero-order valence-corrected chi connectivity index (χ0v) is 11.3. The van der Waals surface area contributed by atoms with Crippen LogP contribution in [0.1, 0.15) is 39.2 Å². The van der Waals surface area contributed by atoms with Crippen molar-refractivity contribution in [3.8, 4) is 0 Å². The van der Waals surface area contributed by atoms with E-state index in [-0.39, 0.29) is 16.9 Å². The van der Waals surface area contributed by atoms with Gasteiger partial charge < -0.3 is 5.11 Å². The number of halogens is 2. The van der Waals surface area contributed by atoms with E-state index in [0.29, 0.717) is 12.8 Å². The summed E-state index contributed by atoms with van der Waals surface area (Å²) >= 11 is 0. The molecule has 2 nitrogen and oxygen atoms in total. The lowest BCUT2D eigenvalue weighted by atomic mass is 9.52. The monoisotopic (exact) mass is 268 g/mol. The summed E-state index contributed by atoms with van der Waals surface area (Å²) in [6, 6.07) is 3.03. The summed E-state index contributed by atoms with van der Waals surface area (Å²) in [5, 5.41) is 9.46. The molecule has 1 aromatic carbocycles. The standard InChI is InChI=1S/C15H18F2O2/c1-14(2,3)10-7-15(8-10,13(18)19)9-4-11(16)6-12(17)5-9/h4-6,10H,7-8H2,1-3H3,(H,18,19). The molecule has 0 radical (unpaired) electrons. The van der Waals surface area contributed by atoms with Gasteiger partial charge in [-0.25, -0.2) is 8.78 Å². The van der Waals surface area contributed by atoms with Gasteiger partial charge in [0.2, 0.25) is 0 Å². The zero-order chi connectivity index (χ0) is 14.4. The molecule has 0 aromatic heterocycles. The Hall–Kier alpha value is -1.45. The van der Waals surface area contributed by atoms with Crippen LogP contribution in [0.15, 0.2) is 18.2 Å². The lowest BCUT2D eigenvalue weighted by Gasteiger charge is -2.50. The predicted molar refractivity (Wildman–Crippen MR) is 67.9 cm³/mol. The number of carboxylic acids is 1.